The fourth-order valence-electron chi connectivity index (χ4n) is 2.57. The van der Waals surface area contributed by atoms with Gasteiger partial charge in [-0.3, -0.25) is 4.79 Å². The van der Waals surface area contributed by atoms with Gasteiger partial charge in [-0.2, -0.15) is 0 Å². The average Bonchev–Trinajstić information content (AvgIpc) is 2.53. The van der Waals surface area contributed by atoms with Crippen molar-refractivity contribution in [3.8, 4) is 5.75 Å². The van der Waals surface area contributed by atoms with Gasteiger partial charge in [0.25, 0.3) is 0 Å². The molecule has 1 aliphatic rings. The number of anilines is 1. The molecule has 7 heteroatoms. The van der Waals surface area contributed by atoms with Crippen molar-refractivity contribution in [2.45, 2.75) is 31.7 Å². The monoisotopic (exact) mass is 342 g/mol. The molecule has 6 nitrogen and oxygen atoms in total. The number of ether oxygens (including phenoxy) is 2. The molecular formula is C16H23ClN2O4. The molecule has 0 bridgehead atoms. The van der Waals surface area contributed by atoms with Crippen LogP contribution in [0.4, 0.5) is 5.69 Å². The van der Waals surface area contributed by atoms with Gasteiger partial charge in [0.1, 0.15) is 5.75 Å². The van der Waals surface area contributed by atoms with E-state index in [4.69, 9.17) is 10.5 Å². The summed E-state index contributed by atoms with van der Waals surface area (Å²) >= 11 is 0. The van der Waals surface area contributed by atoms with Gasteiger partial charge in [0.2, 0.25) is 5.91 Å². The van der Waals surface area contributed by atoms with E-state index in [0.717, 1.165) is 25.7 Å². The topological polar surface area (TPSA) is 90.6 Å². The maximum Gasteiger partial charge on any atom is 0.343 e. The second-order valence-electron chi connectivity index (χ2n) is 5.51. The minimum atomic E-state index is -0.453. The first kappa shape index (κ1) is 19.3. The molecule has 2 unspecified atom stereocenters. The Morgan fingerprint density at radius 2 is 2.13 bits per heavy atom. The molecule has 0 aliphatic heterocycles. The highest BCUT2D eigenvalue weighted by molar-refractivity contribution is 5.92. The number of hydrogen-bond acceptors (Lipinski definition) is 5. The number of halogens is 1. The van der Waals surface area contributed by atoms with E-state index in [2.05, 4.69) is 10.1 Å². The molecule has 0 saturated heterocycles. The second kappa shape index (κ2) is 9.37. The highest BCUT2D eigenvalue weighted by atomic mass is 35.5. The van der Waals surface area contributed by atoms with E-state index < -0.39 is 5.97 Å². The van der Waals surface area contributed by atoms with E-state index in [0.29, 0.717) is 11.4 Å². The Labute approximate surface area is 142 Å². The van der Waals surface area contributed by atoms with Gasteiger partial charge < -0.3 is 20.5 Å². The predicted molar refractivity (Wildman–Crippen MR) is 89.8 cm³/mol. The SMILES string of the molecule is COC(=O)COc1cccc(NC(=O)C2CCCC(N)C2)c1.Cl. The van der Waals surface area contributed by atoms with Crippen LogP contribution in [0.15, 0.2) is 24.3 Å². The van der Waals surface area contributed by atoms with Crippen molar-refractivity contribution in [1.82, 2.24) is 0 Å². The van der Waals surface area contributed by atoms with Gasteiger partial charge in [-0.1, -0.05) is 12.5 Å². The third kappa shape index (κ3) is 6.08. The van der Waals surface area contributed by atoms with Gasteiger partial charge in [-0.25, -0.2) is 4.79 Å². The van der Waals surface area contributed by atoms with Gasteiger partial charge in [0.05, 0.1) is 7.11 Å². The average molecular weight is 343 g/mol. The molecule has 2 atom stereocenters. The molecule has 0 radical (unpaired) electrons. The minimum Gasteiger partial charge on any atom is -0.482 e. The molecule has 23 heavy (non-hydrogen) atoms. The summed E-state index contributed by atoms with van der Waals surface area (Å²) in [6.45, 7) is -0.161. The summed E-state index contributed by atoms with van der Waals surface area (Å²) in [5.41, 5.74) is 6.56. The van der Waals surface area contributed by atoms with Crippen molar-refractivity contribution in [1.29, 1.82) is 0 Å². The lowest BCUT2D eigenvalue weighted by atomic mass is 9.85. The molecule has 1 saturated carbocycles. The summed E-state index contributed by atoms with van der Waals surface area (Å²) in [5, 5.41) is 2.88. The molecule has 1 aromatic carbocycles. The standard InChI is InChI=1S/C16H22N2O4.ClH/c1-21-15(19)10-22-14-7-3-6-13(9-14)18-16(20)11-4-2-5-12(17)8-11;/h3,6-7,9,11-12H,2,4-5,8,10,17H2,1H3,(H,18,20);1H. The molecule has 0 heterocycles. The van der Waals surface area contributed by atoms with Crippen LogP contribution in [-0.4, -0.2) is 31.6 Å². The summed E-state index contributed by atoms with van der Waals surface area (Å²) < 4.78 is 9.81. The molecule has 0 aromatic heterocycles. The molecule has 128 valence electrons. The lowest BCUT2D eigenvalue weighted by Gasteiger charge is -2.25. The molecular weight excluding hydrogens is 320 g/mol. The Balaban J connectivity index is 0.00000264. The first-order valence-corrected chi connectivity index (χ1v) is 7.44. The maximum absolute atomic E-state index is 12.3. The van der Waals surface area contributed by atoms with Crippen LogP contribution >= 0.6 is 12.4 Å². The molecule has 3 N–H and O–H groups in total. The van der Waals surface area contributed by atoms with Crippen LogP contribution in [0.25, 0.3) is 0 Å². The molecule has 1 amide bonds. The summed E-state index contributed by atoms with van der Waals surface area (Å²) in [6, 6.07) is 7.05. The van der Waals surface area contributed by atoms with Gasteiger partial charge >= 0.3 is 5.97 Å². The van der Waals surface area contributed by atoms with Crippen molar-refractivity contribution in [2.75, 3.05) is 19.0 Å². The van der Waals surface area contributed by atoms with Gasteiger partial charge in [-0.05, 0) is 31.4 Å². The lowest BCUT2D eigenvalue weighted by molar-refractivity contribution is -0.142. The number of hydrogen-bond donors (Lipinski definition) is 2. The van der Waals surface area contributed by atoms with Crippen LogP contribution in [0.1, 0.15) is 25.7 Å². The third-order valence-corrected chi connectivity index (χ3v) is 3.77. The van der Waals surface area contributed by atoms with Crippen LogP contribution in [0.2, 0.25) is 0 Å². The van der Waals surface area contributed by atoms with E-state index in [1.165, 1.54) is 7.11 Å². The summed E-state index contributed by atoms with van der Waals surface area (Å²) in [7, 11) is 1.30. The number of nitrogens with one attached hydrogen (secondary N) is 1. The largest absolute Gasteiger partial charge is 0.482 e. The molecule has 0 spiro atoms. The van der Waals surface area contributed by atoms with E-state index in [-0.39, 0.29) is 36.9 Å². The van der Waals surface area contributed by atoms with Gasteiger partial charge in [0.15, 0.2) is 6.61 Å². The van der Waals surface area contributed by atoms with E-state index in [1.54, 1.807) is 24.3 Å². The summed E-state index contributed by atoms with van der Waals surface area (Å²) in [6.07, 6.45) is 3.57. The van der Waals surface area contributed by atoms with Crippen molar-refractivity contribution >= 4 is 30.0 Å². The predicted octanol–water partition coefficient (Wildman–Crippen LogP) is 2.12. The zero-order valence-electron chi connectivity index (χ0n) is 13.1. The van der Waals surface area contributed by atoms with Crippen LogP contribution in [0.3, 0.4) is 0 Å². The first-order valence-electron chi connectivity index (χ1n) is 7.44. The highest BCUT2D eigenvalue weighted by Gasteiger charge is 2.25. The van der Waals surface area contributed by atoms with Gasteiger partial charge in [-0.15, -0.1) is 12.4 Å². The summed E-state index contributed by atoms with van der Waals surface area (Å²) in [5.74, 6) is -0.00200. The fourth-order valence-corrected chi connectivity index (χ4v) is 2.57. The number of esters is 1. The highest BCUT2D eigenvalue weighted by Crippen LogP contribution is 2.25. The van der Waals surface area contributed by atoms with Crippen molar-refractivity contribution in [3.05, 3.63) is 24.3 Å². The second-order valence-corrected chi connectivity index (χ2v) is 5.51. The number of methoxy groups -OCH3 is 1. The van der Waals surface area contributed by atoms with Crippen molar-refractivity contribution in [3.63, 3.8) is 0 Å². The summed E-state index contributed by atoms with van der Waals surface area (Å²) in [4.78, 5) is 23.3. The maximum atomic E-state index is 12.3. The molecule has 1 fully saturated rings. The Hall–Kier alpha value is -1.79. The van der Waals surface area contributed by atoms with E-state index in [9.17, 15) is 9.59 Å². The fraction of sp³-hybridized carbons (Fsp3) is 0.500. The third-order valence-electron chi connectivity index (χ3n) is 3.77. The smallest absolute Gasteiger partial charge is 0.343 e. The number of nitrogens with two attached hydrogens (primary N) is 1. The Kier molecular flexibility index (Phi) is 7.85. The molecule has 1 aromatic rings. The van der Waals surface area contributed by atoms with Crippen molar-refractivity contribution in [2.24, 2.45) is 11.7 Å². The zero-order chi connectivity index (χ0) is 15.9. The number of benzene rings is 1. The van der Waals surface area contributed by atoms with E-state index >= 15 is 0 Å². The number of carbonyl (C=O) groups is 2. The van der Waals surface area contributed by atoms with Crippen molar-refractivity contribution < 1.29 is 19.1 Å². The lowest BCUT2D eigenvalue weighted by Crippen LogP contribution is -2.34. The quantitative estimate of drug-likeness (QED) is 0.800. The number of carbonyl (C=O) groups excluding carboxylic acids is 2. The molecule has 1 aliphatic carbocycles. The number of rotatable bonds is 5. The minimum absolute atomic E-state index is 0. The first-order chi connectivity index (χ1) is 10.6. The van der Waals surface area contributed by atoms with Crippen LogP contribution in [0.5, 0.6) is 5.75 Å². The van der Waals surface area contributed by atoms with E-state index in [1.807, 2.05) is 0 Å². The Bertz CT molecular complexity index is 539. The normalized spacial score (nSPS) is 20.1. The molecule has 2 rings (SSSR count). The van der Waals surface area contributed by atoms with Gasteiger partial charge in [0, 0.05) is 23.7 Å². The van der Waals surface area contributed by atoms with Crippen LogP contribution in [0, 0.1) is 5.92 Å². The number of amides is 1. The van der Waals surface area contributed by atoms with Crippen LogP contribution < -0.4 is 15.8 Å². The Morgan fingerprint density at radius 1 is 1.35 bits per heavy atom. The zero-order valence-corrected chi connectivity index (χ0v) is 13.9. The Morgan fingerprint density at radius 3 is 2.83 bits per heavy atom. The van der Waals surface area contributed by atoms with Crippen LogP contribution in [-0.2, 0) is 14.3 Å².